The first-order valence-corrected chi connectivity index (χ1v) is 9.14. The molecule has 1 fully saturated rings. The van der Waals surface area contributed by atoms with Crippen LogP contribution in [-0.4, -0.2) is 32.0 Å². The lowest BCUT2D eigenvalue weighted by molar-refractivity contribution is 0.0940. The zero-order valence-corrected chi connectivity index (χ0v) is 15.0. The summed E-state index contributed by atoms with van der Waals surface area (Å²) in [5, 5.41) is 7.34. The molecule has 2 unspecified atom stereocenters. The molecule has 1 spiro atoms. The molecule has 2 atom stereocenters. The van der Waals surface area contributed by atoms with Crippen molar-refractivity contribution in [2.75, 3.05) is 6.54 Å². The average Bonchev–Trinajstić information content (AvgIpc) is 2.96. The minimum absolute atomic E-state index is 0.188. The highest BCUT2D eigenvalue weighted by atomic mass is 16.2. The third-order valence-corrected chi connectivity index (χ3v) is 5.96. The Morgan fingerprint density at radius 1 is 1.31 bits per heavy atom. The average molecular weight is 347 g/mol. The summed E-state index contributed by atoms with van der Waals surface area (Å²) in [5.74, 6) is 0.947. The maximum Gasteiger partial charge on any atom is 0.291 e. The van der Waals surface area contributed by atoms with Gasteiger partial charge in [0.15, 0.2) is 0 Å². The van der Waals surface area contributed by atoms with Gasteiger partial charge in [0.2, 0.25) is 5.82 Å². The van der Waals surface area contributed by atoms with Gasteiger partial charge in [-0.15, -0.1) is 5.10 Å². The quantitative estimate of drug-likeness (QED) is 0.789. The second kappa shape index (κ2) is 5.37. The molecule has 2 aliphatic carbocycles. The van der Waals surface area contributed by atoms with Crippen LogP contribution < -0.4 is 5.32 Å². The second-order valence-electron chi connectivity index (χ2n) is 7.61. The van der Waals surface area contributed by atoms with Crippen LogP contribution in [0.2, 0.25) is 0 Å². The molecule has 1 amide bonds. The molecule has 2 aromatic heterocycles. The van der Waals surface area contributed by atoms with E-state index in [1.807, 2.05) is 19.9 Å². The van der Waals surface area contributed by atoms with Crippen LogP contribution in [0.4, 0.5) is 0 Å². The van der Waals surface area contributed by atoms with Gasteiger partial charge in [0.05, 0.1) is 0 Å². The number of carbonyl (C=O) groups is 1. The Bertz CT molecular complexity index is 1040. The molecule has 1 N–H and O–H groups in total. The minimum Gasteiger partial charge on any atom is -0.349 e. The number of hydrogen-bond donors (Lipinski definition) is 1. The Hall–Kier alpha value is -2.76. The van der Waals surface area contributed by atoms with E-state index >= 15 is 0 Å². The molecule has 6 nitrogen and oxygen atoms in total. The number of benzene rings is 1. The van der Waals surface area contributed by atoms with Crippen molar-refractivity contribution >= 4 is 11.7 Å². The van der Waals surface area contributed by atoms with Crippen molar-refractivity contribution in [3.8, 4) is 0 Å². The van der Waals surface area contributed by atoms with Crippen molar-refractivity contribution in [2.24, 2.45) is 5.92 Å². The topological polar surface area (TPSA) is 72.2 Å². The standard InChI is InChI=1S/C20H21N5O/c1-12-9-13(2)25-19(22-12)23-17(24-25)18(26)21-11-15-10-20(15)8-7-14-5-3-4-6-16(14)20/h3-6,9,15H,7-8,10-11H2,1-2H3,(H,21,26). The number of nitrogens with one attached hydrogen (secondary N) is 1. The zero-order chi connectivity index (χ0) is 17.9. The molecule has 0 aliphatic heterocycles. The van der Waals surface area contributed by atoms with Crippen LogP contribution in [0.3, 0.4) is 0 Å². The maximum atomic E-state index is 12.5. The predicted octanol–water partition coefficient (Wildman–Crippen LogP) is 2.38. The summed E-state index contributed by atoms with van der Waals surface area (Å²) >= 11 is 0. The fraction of sp³-hybridized carbons (Fsp3) is 0.400. The first kappa shape index (κ1) is 15.5. The number of rotatable bonds is 3. The summed E-state index contributed by atoms with van der Waals surface area (Å²) in [5.41, 5.74) is 5.03. The molecule has 0 bridgehead atoms. The molecular formula is C20H21N5O. The number of carbonyl (C=O) groups excluding carboxylic acids is 1. The SMILES string of the molecule is Cc1cc(C)n2nc(C(=O)NCC3CC34CCc3ccccc34)nc2n1. The molecule has 1 aromatic carbocycles. The van der Waals surface area contributed by atoms with Gasteiger partial charge in [0, 0.05) is 23.3 Å². The number of aromatic nitrogens is 4. The Morgan fingerprint density at radius 3 is 3.04 bits per heavy atom. The van der Waals surface area contributed by atoms with Crippen molar-refractivity contribution < 1.29 is 4.79 Å². The van der Waals surface area contributed by atoms with Crippen molar-refractivity contribution in [3.05, 3.63) is 58.7 Å². The lowest BCUT2D eigenvalue weighted by Crippen LogP contribution is -2.28. The van der Waals surface area contributed by atoms with Crippen molar-refractivity contribution in [2.45, 2.75) is 38.5 Å². The van der Waals surface area contributed by atoms with E-state index in [1.54, 1.807) is 4.52 Å². The molecule has 3 aromatic rings. The third-order valence-electron chi connectivity index (χ3n) is 5.96. The van der Waals surface area contributed by atoms with Crippen LogP contribution in [0.25, 0.3) is 5.78 Å². The Labute approximate surface area is 151 Å². The molecule has 1 saturated carbocycles. The molecule has 5 rings (SSSR count). The summed E-state index contributed by atoms with van der Waals surface area (Å²) in [6.45, 7) is 4.52. The van der Waals surface area contributed by atoms with Crippen molar-refractivity contribution in [1.29, 1.82) is 0 Å². The largest absolute Gasteiger partial charge is 0.349 e. The monoisotopic (exact) mass is 347 g/mol. The molecule has 26 heavy (non-hydrogen) atoms. The van der Waals surface area contributed by atoms with E-state index in [2.05, 4.69) is 44.6 Å². The van der Waals surface area contributed by atoms with Crippen LogP contribution in [-0.2, 0) is 11.8 Å². The van der Waals surface area contributed by atoms with Gasteiger partial charge in [0.1, 0.15) is 0 Å². The van der Waals surface area contributed by atoms with E-state index in [-0.39, 0.29) is 17.1 Å². The predicted molar refractivity (Wildman–Crippen MR) is 97.1 cm³/mol. The Balaban J connectivity index is 1.30. The van der Waals surface area contributed by atoms with Crippen LogP contribution in [0.1, 0.15) is 46.0 Å². The normalized spacial score (nSPS) is 23.4. The number of fused-ring (bicyclic) bond motifs is 3. The number of amides is 1. The van der Waals surface area contributed by atoms with Crippen LogP contribution in [0.5, 0.6) is 0 Å². The Kier molecular flexibility index (Phi) is 3.20. The smallest absolute Gasteiger partial charge is 0.291 e. The van der Waals surface area contributed by atoms with Gasteiger partial charge in [-0.25, -0.2) is 9.50 Å². The van der Waals surface area contributed by atoms with Gasteiger partial charge in [-0.1, -0.05) is 24.3 Å². The lowest BCUT2D eigenvalue weighted by Gasteiger charge is -2.11. The van der Waals surface area contributed by atoms with Gasteiger partial charge in [-0.2, -0.15) is 4.98 Å². The summed E-state index contributed by atoms with van der Waals surface area (Å²) in [6, 6.07) is 10.6. The fourth-order valence-electron chi connectivity index (χ4n) is 4.56. The van der Waals surface area contributed by atoms with E-state index in [1.165, 1.54) is 17.5 Å². The zero-order valence-electron chi connectivity index (χ0n) is 15.0. The molecule has 2 heterocycles. The summed E-state index contributed by atoms with van der Waals surface area (Å²) in [6.07, 6.45) is 3.50. The fourth-order valence-corrected chi connectivity index (χ4v) is 4.56. The minimum atomic E-state index is -0.221. The molecule has 132 valence electrons. The number of nitrogens with zero attached hydrogens (tertiary/aromatic N) is 4. The maximum absolute atomic E-state index is 12.5. The van der Waals surface area contributed by atoms with E-state index in [4.69, 9.17) is 0 Å². The molecule has 6 heteroatoms. The van der Waals surface area contributed by atoms with E-state index < -0.39 is 0 Å². The molecule has 0 saturated heterocycles. The highest BCUT2D eigenvalue weighted by molar-refractivity contribution is 5.90. The first-order valence-electron chi connectivity index (χ1n) is 9.14. The molecule has 0 radical (unpaired) electrons. The van der Waals surface area contributed by atoms with Crippen LogP contribution >= 0.6 is 0 Å². The number of aryl methyl sites for hydroxylation is 3. The number of hydrogen-bond acceptors (Lipinski definition) is 4. The second-order valence-corrected chi connectivity index (χ2v) is 7.61. The van der Waals surface area contributed by atoms with Gasteiger partial charge in [-0.3, -0.25) is 4.79 Å². The van der Waals surface area contributed by atoms with E-state index in [0.717, 1.165) is 24.2 Å². The highest BCUT2D eigenvalue weighted by Crippen LogP contribution is 2.61. The molecular weight excluding hydrogens is 326 g/mol. The van der Waals surface area contributed by atoms with Gasteiger partial charge >= 0.3 is 0 Å². The van der Waals surface area contributed by atoms with E-state index in [9.17, 15) is 4.79 Å². The van der Waals surface area contributed by atoms with Gasteiger partial charge in [0.25, 0.3) is 11.7 Å². The lowest BCUT2D eigenvalue weighted by atomic mass is 9.95. The van der Waals surface area contributed by atoms with E-state index in [0.29, 0.717) is 18.2 Å². The summed E-state index contributed by atoms with van der Waals surface area (Å²) in [4.78, 5) is 21.1. The highest BCUT2D eigenvalue weighted by Gasteiger charge is 2.57. The van der Waals surface area contributed by atoms with Crippen molar-refractivity contribution in [1.82, 2.24) is 24.9 Å². The van der Waals surface area contributed by atoms with Gasteiger partial charge < -0.3 is 5.32 Å². The summed E-state index contributed by atoms with van der Waals surface area (Å²) in [7, 11) is 0. The third kappa shape index (κ3) is 2.25. The van der Waals surface area contributed by atoms with Crippen molar-refractivity contribution in [3.63, 3.8) is 0 Å². The summed E-state index contributed by atoms with van der Waals surface area (Å²) < 4.78 is 1.62. The Morgan fingerprint density at radius 2 is 2.15 bits per heavy atom. The van der Waals surface area contributed by atoms with Gasteiger partial charge in [-0.05, 0) is 56.2 Å². The van der Waals surface area contributed by atoms with Crippen LogP contribution in [0.15, 0.2) is 30.3 Å². The first-order chi connectivity index (χ1) is 12.6. The van der Waals surface area contributed by atoms with Crippen LogP contribution in [0, 0.1) is 19.8 Å². The molecule has 2 aliphatic rings.